The normalized spacial score (nSPS) is 10.2. The first-order chi connectivity index (χ1) is 8.24. The van der Waals surface area contributed by atoms with Gasteiger partial charge in [0, 0.05) is 12.4 Å². The first-order valence-corrected chi connectivity index (χ1v) is 6.22. The highest BCUT2D eigenvalue weighted by Crippen LogP contribution is 2.07. The Morgan fingerprint density at radius 1 is 1.35 bits per heavy atom. The van der Waals surface area contributed by atoms with Crippen molar-refractivity contribution >= 4 is 17.5 Å². The predicted molar refractivity (Wildman–Crippen MR) is 69.4 cm³/mol. The molecule has 1 aromatic rings. The quantitative estimate of drug-likeness (QED) is 0.597. The Morgan fingerprint density at radius 3 is 2.82 bits per heavy atom. The van der Waals surface area contributed by atoms with E-state index in [1.807, 2.05) is 31.2 Å². The minimum absolute atomic E-state index is 0.0220. The van der Waals surface area contributed by atoms with Gasteiger partial charge in [-0.25, -0.2) is 0 Å². The molecule has 1 rings (SSSR count). The minimum atomic E-state index is 0.0220. The molecule has 0 aliphatic heterocycles. The second kappa shape index (κ2) is 8.09. The van der Waals surface area contributed by atoms with Crippen LogP contribution in [0.1, 0.15) is 11.1 Å². The van der Waals surface area contributed by atoms with Crippen LogP contribution in [0, 0.1) is 6.92 Å². The molecule has 3 nitrogen and oxygen atoms in total. The third-order valence-corrected chi connectivity index (χ3v) is 2.56. The fraction of sp³-hybridized carbons (Fsp3) is 0.462. The van der Waals surface area contributed by atoms with Crippen LogP contribution in [0.25, 0.3) is 0 Å². The molecular formula is C13H18ClNO2. The van der Waals surface area contributed by atoms with Gasteiger partial charge in [0.2, 0.25) is 5.91 Å². The molecule has 0 unspecified atom stereocenters. The van der Waals surface area contributed by atoms with Crippen molar-refractivity contribution < 1.29 is 9.53 Å². The van der Waals surface area contributed by atoms with E-state index in [1.165, 1.54) is 0 Å². The largest absolute Gasteiger partial charge is 0.378 e. The van der Waals surface area contributed by atoms with Crippen molar-refractivity contribution in [1.82, 2.24) is 5.32 Å². The predicted octanol–water partition coefficient (Wildman–Crippen LogP) is 1.91. The van der Waals surface area contributed by atoms with Crippen molar-refractivity contribution in [1.29, 1.82) is 0 Å². The Morgan fingerprint density at radius 2 is 2.12 bits per heavy atom. The van der Waals surface area contributed by atoms with E-state index in [2.05, 4.69) is 5.32 Å². The van der Waals surface area contributed by atoms with E-state index in [0.717, 1.165) is 11.1 Å². The molecule has 0 atom stereocenters. The first kappa shape index (κ1) is 14.0. The molecule has 1 N–H and O–H groups in total. The summed E-state index contributed by atoms with van der Waals surface area (Å²) in [6, 6.07) is 7.89. The molecule has 0 aromatic heterocycles. The maximum absolute atomic E-state index is 11.6. The Balaban J connectivity index is 2.23. The molecule has 0 aliphatic carbocycles. The topological polar surface area (TPSA) is 38.3 Å². The molecule has 4 heteroatoms. The van der Waals surface area contributed by atoms with Crippen LogP contribution in [0.3, 0.4) is 0 Å². The van der Waals surface area contributed by atoms with Gasteiger partial charge in [-0.05, 0) is 18.1 Å². The van der Waals surface area contributed by atoms with Crippen LogP contribution in [0.15, 0.2) is 24.3 Å². The van der Waals surface area contributed by atoms with Crippen LogP contribution >= 0.6 is 11.6 Å². The van der Waals surface area contributed by atoms with Gasteiger partial charge in [0.05, 0.1) is 19.6 Å². The number of hydrogen-bond acceptors (Lipinski definition) is 2. The van der Waals surface area contributed by atoms with Crippen molar-refractivity contribution in [3.63, 3.8) is 0 Å². The van der Waals surface area contributed by atoms with Crippen LogP contribution in [-0.2, 0) is 16.0 Å². The van der Waals surface area contributed by atoms with Gasteiger partial charge in [-0.1, -0.05) is 24.3 Å². The zero-order valence-corrected chi connectivity index (χ0v) is 10.8. The number of aryl methyl sites for hydroxylation is 1. The van der Waals surface area contributed by atoms with E-state index in [1.54, 1.807) is 0 Å². The van der Waals surface area contributed by atoms with Gasteiger partial charge in [-0.2, -0.15) is 0 Å². The van der Waals surface area contributed by atoms with Gasteiger partial charge in [-0.15, -0.1) is 11.6 Å². The van der Waals surface area contributed by atoms with Gasteiger partial charge in [-0.3, -0.25) is 4.79 Å². The lowest BCUT2D eigenvalue weighted by Crippen LogP contribution is -2.29. The SMILES string of the molecule is Cc1ccccc1CC(=O)NCCOCCCl. The van der Waals surface area contributed by atoms with E-state index in [0.29, 0.717) is 32.1 Å². The molecular weight excluding hydrogens is 238 g/mol. The number of benzene rings is 1. The summed E-state index contributed by atoms with van der Waals surface area (Å²) in [5, 5.41) is 2.81. The molecule has 94 valence electrons. The highest BCUT2D eigenvalue weighted by Gasteiger charge is 2.04. The molecule has 0 heterocycles. The number of ether oxygens (including phenoxy) is 1. The number of nitrogens with one attached hydrogen (secondary N) is 1. The smallest absolute Gasteiger partial charge is 0.224 e. The molecule has 0 aliphatic rings. The van der Waals surface area contributed by atoms with Crippen LogP contribution in [-0.4, -0.2) is 31.5 Å². The Kier molecular flexibility index (Phi) is 6.67. The summed E-state index contributed by atoms with van der Waals surface area (Å²) in [6.45, 7) is 3.56. The maximum Gasteiger partial charge on any atom is 0.224 e. The standard InChI is InChI=1S/C13H18ClNO2/c1-11-4-2-3-5-12(11)10-13(16)15-7-9-17-8-6-14/h2-5H,6-10H2,1H3,(H,15,16). The molecule has 0 spiro atoms. The lowest BCUT2D eigenvalue weighted by Gasteiger charge is -2.07. The summed E-state index contributed by atoms with van der Waals surface area (Å²) >= 11 is 5.46. The fourth-order valence-electron chi connectivity index (χ4n) is 1.46. The molecule has 0 fully saturated rings. The number of hydrogen-bond donors (Lipinski definition) is 1. The van der Waals surface area contributed by atoms with E-state index >= 15 is 0 Å². The van der Waals surface area contributed by atoms with Crippen molar-refractivity contribution in [3.8, 4) is 0 Å². The number of carbonyl (C=O) groups is 1. The van der Waals surface area contributed by atoms with E-state index in [9.17, 15) is 4.79 Å². The Bertz CT molecular complexity index is 355. The van der Waals surface area contributed by atoms with E-state index in [4.69, 9.17) is 16.3 Å². The van der Waals surface area contributed by atoms with Crippen molar-refractivity contribution in [2.45, 2.75) is 13.3 Å². The van der Waals surface area contributed by atoms with Crippen LogP contribution in [0.4, 0.5) is 0 Å². The molecule has 1 amide bonds. The van der Waals surface area contributed by atoms with Crippen molar-refractivity contribution in [3.05, 3.63) is 35.4 Å². The highest BCUT2D eigenvalue weighted by molar-refractivity contribution is 6.17. The summed E-state index contributed by atoms with van der Waals surface area (Å²) in [6.07, 6.45) is 0.419. The number of amides is 1. The lowest BCUT2D eigenvalue weighted by atomic mass is 10.1. The average Bonchev–Trinajstić information content (AvgIpc) is 2.32. The molecule has 0 saturated heterocycles. The second-order valence-corrected chi connectivity index (χ2v) is 4.13. The van der Waals surface area contributed by atoms with Gasteiger partial charge in [0.15, 0.2) is 0 Å². The number of carbonyl (C=O) groups excluding carboxylic acids is 1. The third-order valence-electron chi connectivity index (χ3n) is 2.40. The lowest BCUT2D eigenvalue weighted by molar-refractivity contribution is -0.120. The number of rotatable bonds is 7. The Labute approximate surface area is 107 Å². The summed E-state index contributed by atoms with van der Waals surface area (Å²) < 4.78 is 5.16. The summed E-state index contributed by atoms with van der Waals surface area (Å²) in [5.74, 6) is 0.505. The van der Waals surface area contributed by atoms with Crippen LogP contribution in [0.5, 0.6) is 0 Å². The van der Waals surface area contributed by atoms with Gasteiger partial charge in [0.25, 0.3) is 0 Å². The zero-order valence-electron chi connectivity index (χ0n) is 10.0. The Hall–Kier alpha value is -1.06. The van der Waals surface area contributed by atoms with Gasteiger partial charge in [0.1, 0.15) is 0 Å². The monoisotopic (exact) mass is 255 g/mol. The van der Waals surface area contributed by atoms with Gasteiger partial charge >= 0.3 is 0 Å². The second-order valence-electron chi connectivity index (χ2n) is 3.75. The third kappa shape index (κ3) is 5.71. The van der Waals surface area contributed by atoms with Crippen LogP contribution < -0.4 is 5.32 Å². The summed E-state index contributed by atoms with van der Waals surface area (Å²) in [7, 11) is 0. The highest BCUT2D eigenvalue weighted by atomic mass is 35.5. The number of halogens is 1. The first-order valence-electron chi connectivity index (χ1n) is 5.69. The van der Waals surface area contributed by atoms with Crippen molar-refractivity contribution in [2.24, 2.45) is 0 Å². The average molecular weight is 256 g/mol. The zero-order chi connectivity index (χ0) is 12.5. The molecule has 0 bridgehead atoms. The summed E-state index contributed by atoms with van der Waals surface area (Å²) in [5.41, 5.74) is 2.20. The molecule has 0 radical (unpaired) electrons. The van der Waals surface area contributed by atoms with Crippen LogP contribution in [0.2, 0.25) is 0 Å². The molecule has 1 aromatic carbocycles. The summed E-state index contributed by atoms with van der Waals surface area (Å²) in [4.78, 5) is 11.6. The fourth-order valence-corrected chi connectivity index (χ4v) is 1.57. The molecule has 0 saturated carbocycles. The van der Waals surface area contributed by atoms with E-state index in [-0.39, 0.29) is 5.91 Å². The van der Waals surface area contributed by atoms with E-state index < -0.39 is 0 Å². The molecule has 17 heavy (non-hydrogen) atoms. The van der Waals surface area contributed by atoms with Crippen molar-refractivity contribution in [2.75, 3.05) is 25.6 Å². The van der Waals surface area contributed by atoms with Gasteiger partial charge < -0.3 is 10.1 Å². The number of alkyl halides is 1. The maximum atomic E-state index is 11.6. The minimum Gasteiger partial charge on any atom is -0.378 e.